The first kappa shape index (κ1) is 10.7. The van der Waals surface area contributed by atoms with Crippen LogP contribution in [0.3, 0.4) is 0 Å². The third-order valence-corrected chi connectivity index (χ3v) is 1.86. The minimum atomic E-state index is 0.151. The van der Waals surface area contributed by atoms with E-state index in [2.05, 4.69) is 5.53 Å². The first-order valence-corrected chi connectivity index (χ1v) is 4.29. The molecule has 0 spiro atoms. The molecular weight excluding hydrogens is 200 g/mol. The van der Waals surface area contributed by atoms with Crippen LogP contribution in [0.5, 0.6) is 5.75 Å². The van der Waals surface area contributed by atoms with Crippen molar-refractivity contribution in [2.75, 3.05) is 12.1 Å². The van der Waals surface area contributed by atoms with Gasteiger partial charge in [0, 0.05) is 0 Å². The number of ether oxygens (including phenoxy) is 1. The average molecular weight is 212 g/mol. The number of anilines is 1. The number of benzene rings is 1. The van der Waals surface area contributed by atoms with E-state index >= 15 is 0 Å². The molecule has 5 nitrogen and oxygen atoms in total. The smallest absolute Gasteiger partial charge is 0.186 e. The van der Waals surface area contributed by atoms with E-state index in [9.17, 15) is 0 Å². The van der Waals surface area contributed by atoms with Crippen molar-refractivity contribution in [2.45, 2.75) is 0 Å². The van der Waals surface area contributed by atoms with Crippen molar-refractivity contribution in [1.29, 1.82) is 0 Å². The molecule has 0 fully saturated rings. The SMILES string of the molecule is COc1ccc(N(NN)C(N)=S)cc1. The number of nitrogens with two attached hydrogens (primary N) is 2. The molecule has 1 aromatic rings. The number of methoxy groups -OCH3 is 1. The summed E-state index contributed by atoms with van der Waals surface area (Å²) in [5, 5.41) is 1.53. The Morgan fingerprint density at radius 3 is 2.36 bits per heavy atom. The molecule has 0 radical (unpaired) electrons. The number of hydrazine groups is 2. The van der Waals surface area contributed by atoms with E-state index in [-0.39, 0.29) is 5.11 Å². The number of hydrogen-bond donors (Lipinski definition) is 3. The molecule has 0 saturated heterocycles. The van der Waals surface area contributed by atoms with Gasteiger partial charge in [-0.25, -0.2) is 5.01 Å². The summed E-state index contributed by atoms with van der Waals surface area (Å²) < 4.78 is 5.01. The van der Waals surface area contributed by atoms with Crippen LogP contribution in [0.4, 0.5) is 5.69 Å². The Hall–Kier alpha value is -1.37. The molecule has 0 aliphatic rings. The molecule has 76 valence electrons. The second-order valence-corrected chi connectivity index (χ2v) is 2.92. The molecule has 0 aliphatic heterocycles. The molecule has 0 heterocycles. The largest absolute Gasteiger partial charge is 0.497 e. The van der Waals surface area contributed by atoms with Gasteiger partial charge in [0.1, 0.15) is 5.75 Å². The standard InChI is InChI=1S/C8H12N4OS/c1-13-7-4-2-6(3-5-7)12(11-10)8(9)14/h2-5,11H,10H2,1H3,(H2,9,14). The van der Waals surface area contributed by atoms with Crippen LogP contribution < -0.4 is 26.9 Å². The number of rotatable bonds is 3. The normalized spacial score (nSPS) is 9.57. The third-order valence-electron chi connectivity index (χ3n) is 1.68. The van der Waals surface area contributed by atoms with E-state index in [1.165, 1.54) is 5.01 Å². The van der Waals surface area contributed by atoms with Crippen molar-refractivity contribution in [3.8, 4) is 5.75 Å². The summed E-state index contributed by atoms with van der Waals surface area (Å²) in [7, 11) is 1.60. The second kappa shape index (κ2) is 4.75. The van der Waals surface area contributed by atoms with E-state index in [0.717, 1.165) is 11.4 Å². The minimum Gasteiger partial charge on any atom is -0.497 e. The highest BCUT2D eigenvalue weighted by molar-refractivity contribution is 7.80. The van der Waals surface area contributed by atoms with Gasteiger partial charge in [-0.15, -0.1) is 0 Å². The van der Waals surface area contributed by atoms with Crippen LogP contribution in [-0.4, -0.2) is 12.2 Å². The molecule has 1 aromatic carbocycles. The van der Waals surface area contributed by atoms with Gasteiger partial charge in [0.2, 0.25) is 0 Å². The molecule has 5 N–H and O–H groups in total. The lowest BCUT2D eigenvalue weighted by molar-refractivity contribution is 0.415. The maximum Gasteiger partial charge on any atom is 0.186 e. The first-order chi connectivity index (χ1) is 6.69. The van der Waals surface area contributed by atoms with E-state index in [4.69, 9.17) is 28.5 Å². The zero-order valence-corrected chi connectivity index (χ0v) is 8.54. The monoisotopic (exact) mass is 212 g/mol. The summed E-state index contributed by atoms with van der Waals surface area (Å²) in [6.07, 6.45) is 0. The van der Waals surface area contributed by atoms with Crippen molar-refractivity contribution >= 4 is 23.0 Å². The minimum absolute atomic E-state index is 0.151. The molecule has 0 saturated carbocycles. The van der Waals surface area contributed by atoms with Gasteiger partial charge in [-0.3, -0.25) is 5.84 Å². The fraction of sp³-hybridized carbons (Fsp3) is 0.125. The molecule has 0 aliphatic carbocycles. The van der Waals surface area contributed by atoms with Crippen LogP contribution in [-0.2, 0) is 0 Å². The molecule has 6 heteroatoms. The molecular formula is C8H12N4OS. The lowest BCUT2D eigenvalue weighted by atomic mass is 10.3. The predicted octanol–water partition coefficient (Wildman–Crippen LogP) is 0.123. The summed E-state index contributed by atoms with van der Waals surface area (Å²) in [6, 6.07) is 7.16. The van der Waals surface area contributed by atoms with Crippen molar-refractivity contribution < 1.29 is 4.74 Å². The van der Waals surface area contributed by atoms with Crippen LogP contribution in [0.25, 0.3) is 0 Å². The zero-order valence-electron chi connectivity index (χ0n) is 7.73. The average Bonchev–Trinajstić information content (AvgIpc) is 2.19. The van der Waals surface area contributed by atoms with E-state index < -0.39 is 0 Å². The molecule has 1 rings (SSSR count). The van der Waals surface area contributed by atoms with Gasteiger partial charge in [0.25, 0.3) is 0 Å². The fourth-order valence-corrected chi connectivity index (χ4v) is 1.15. The van der Waals surface area contributed by atoms with Gasteiger partial charge in [-0.05, 0) is 36.5 Å². The second-order valence-electron chi connectivity index (χ2n) is 2.50. The van der Waals surface area contributed by atoms with Crippen LogP contribution >= 0.6 is 12.2 Å². The summed E-state index contributed by atoms with van der Waals surface area (Å²) in [6.45, 7) is 0. The van der Waals surface area contributed by atoms with E-state index in [1.807, 2.05) is 0 Å². The van der Waals surface area contributed by atoms with Crippen molar-refractivity contribution in [3.63, 3.8) is 0 Å². The summed E-state index contributed by atoms with van der Waals surface area (Å²) >= 11 is 4.79. The van der Waals surface area contributed by atoms with Crippen molar-refractivity contribution in [2.24, 2.45) is 11.6 Å². The van der Waals surface area contributed by atoms with Crippen molar-refractivity contribution in [3.05, 3.63) is 24.3 Å². The molecule has 0 bridgehead atoms. The van der Waals surface area contributed by atoms with E-state index in [1.54, 1.807) is 31.4 Å². The van der Waals surface area contributed by atoms with Gasteiger partial charge >= 0.3 is 0 Å². The third kappa shape index (κ3) is 2.32. The predicted molar refractivity (Wildman–Crippen MR) is 59.6 cm³/mol. The maximum absolute atomic E-state index is 5.43. The molecule has 0 atom stereocenters. The first-order valence-electron chi connectivity index (χ1n) is 3.89. The Kier molecular flexibility index (Phi) is 3.63. The Morgan fingerprint density at radius 2 is 2.00 bits per heavy atom. The Morgan fingerprint density at radius 1 is 1.43 bits per heavy atom. The molecule has 0 aromatic heterocycles. The van der Waals surface area contributed by atoms with E-state index in [0.29, 0.717) is 0 Å². The van der Waals surface area contributed by atoms with Crippen LogP contribution in [0, 0.1) is 0 Å². The summed E-state index contributed by atoms with van der Waals surface area (Å²) in [4.78, 5) is 0. The fourth-order valence-electron chi connectivity index (χ4n) is 0.997. The Labute approximate surface area is 87.6 Å². The number of nitrogens with zero attached hydrogens (tertiary/aromatic N) is 1. The molecule has 14 heavy (non-hydrogen) atoms. The number of thiocarbonyl (C=S) groups is 1. The number of nitrogens with one attached hydrogen (secondary N) is 1. The number of hydrogen-bond acceptors (Lipinski definition) is 4. The van der Waals surface area contributed by atoms with Crippen LogP contribution in [0.1, 0.15) is 0 Å². The van der Waals surface area contributed by atoms with Crippen molar-refractivity contribution in [1.82, 2.24) is 5.53 Å². The topological polar surface area (TPSA) is 76.5 Å². The zero-order chi connectivity index (χ0) is 10.6. The highest BCUT2D eigenvalue weighted by Gasteiger charge is 2.06. The Balaban J connectivity index is 2.89. The maximum atomic E-state index is 5.43. The van der Waals surface area contributed by atoms with Crippen LogP contribution in [0.2, 0.25) is 0 Å². The lowest BCUT2D eigenvalue weighted by Gasteiger charge is -2.20. The lowest BCUT2D eigenvalue weighted by Crippen LogP contribution is -2.49. The van der Waals surface area contributed by atoms with Gasteiger partial charge in [0.05, 0.1) is 12.8 Å². The highest BCUT2D eigenvalue weighted by atomic mass is 32.1. The highest BCUT2D eigenvalue weighted by Crippen LogP contribution is 2.17. The van der Waals surface area contributed by atoms with Gasteiger partial charge in [-0.2, -0.15) is 5.53 Å². The molecule has 0 unspecified atom stereocenters. The Bertz CT molecular complexity index is 314. The van der Waals surface area contributed by atoms with Gasteiger partial charge in [0.15, 0.2) is 5.11 Å². The van der Waals surface area contributed by atoms with Crippen LogP contribution in [0.15, 0.2) is 24.3 Å². The molecule has 0 amide bonds. The van der Waals surface area contributed by atoms with Gasteiger partial charge < -0.3 is 10.5 Å². The summed E-state index contributed by atoms with van der Waals surface area (Å²) in [5.41, 5.74) is 8.57. The summed E-state index contributed by atoms with van der Waals surface area (Å²) in [5.74, 6) is 6.01. The quantitative estimate of drug-likeness (QED) is 0.375. The van der Waals surface area contributed by atoms with Gasteiger partial charge in [-0.1, -0.05) is 0 Å².